The predicted octanol–water partition coefficient (Wildman–Crippen LogP) is 4.44. The minimum Gasteiger partial charge on any atom is -0.497 e. The smallest absolute Gasteiger partial charge is 0.278 e. The highest BCUT2D eigenvalue weighted by Crippen LogP contribution is 2.23. The standard InChI is InChI=1S/C21H22N2O4/c1-13-6-5-7-19(14(13)2)22-21(24)20-18(15(3)27-23-20)12-26-17-10-8-16(25-4)9-11-17/h5-11H,12H2,1-4H3,(H,22,24). The van der Waals surface area contributed by atoms with E-state index in [2.05, 4.69) is 10.5 Å². The molecule has 0 saturated carbocycles. The molecule has 6 nitrogen and oxygen atoms in total. The van der Waals surface area contributed by atoms with Gasteiger partial charge in [-0.05, 0) is 62.2 Å². The van der Waals surface area contributed by atoms with Crippen LogP contribution in [-0.2, 0) is 6.61 Å². The molecule has 140 valence electrons. The Kier molecular flexibility index (Phi) is 5.45. The summed E-state index contributed by atoms with van der Waals surface area (Å²) in [5.41, 5.74) is 3.72. The Bertz CT molecular complexity index is 945. The van der Waals surface area contributed by atoms with Crippen LogP contribution in [0.15, 0.2) is 47.0 Å². The number of methoxy groups -OCH3 is 1. The fourth-order valence-electron chi connectivity index (χ4n) is 2.64. The molecular weight excluding hydrogens is 344 g/mol. The van der Waals surface area contributed by atoms with Crippen LogP contribution in [0.1, 0.15) is 32.9 Å². The van der Waals surface area contributed by atoms with Crippen molar-refractivity contribution in [2.24, 2.45) is 0 Å². The first-order valence-corrected chi connectivity index (χ1v) is 8.59. The number of anilines is 1. The SMILES string of the molecule is COc1ccc(OCc2c(C(=O)Nc3cccc(C)c3C)noc2C)cc1. The molecule has 3 aromatic rings. The van der Waals surface area contributed by atoms with Crippen molar-refractivity contribution in [1.29, 1.82) is 0 Å². The number of aromatic nitrogens is 1. The number of ether oxygens (including phenoxy) is 2. The Labute approximate surface area is 158 Å². The highest BCUT2D eigenvalue weighted by atomic mass is 16.5. The van der Waals surface area contributed by atoms with Crippen molar-refractivity contribution in [2.45, 2.75) is 27.4 Å². The molecular formula is C21H22N2O4. The molecule has 0 radical (unpaired) electrons. The van der Waals surface area contributed by atoms with Crippen molar-refractivity contribution >= 4 is 11.6 Å². The summed E-state index contributed by atoms with van der Waals surface area (Å²) in [6.07, 6.45) is 0. The van der Waals surface area contributed by atoms with Gasteiger partial charge in [0.05, 0.1) is 12.7 Å². The van der Waals surface area contributed by atoms with Crippen molar-refractivity contribution in [2.75, 3.05) is 12.4 Å². The number of carbonyl (C=O) groups is 1. The van der Waals surface area contributed by atoms with Crippen molar-refractivity contribution in [1.82, 2.24) is 5.16 Å². The number of rotatable bonds is 6. The highest BCUT2D eigenvalue weighted by Gasteiger charge is 2.21. The monoisotopic (exact) mass is 366 g/mol. The summed E-state index contributed by atoms with van der Waals surface area (Å²) in [7, 11) is 1.61. The van der Waals surface area contributed by atoms with Gasteiger partial charge in [-0.1, -0.05) is 17.3 Å². The van der Waals surface area contributed by atoms with Gasteiger partial charge in [0.25, 0.3) is 5.91 Å². The number of nitrogens with zero attached hydrogens (tertiary/aromatic N) is 1. The van der Waals surface area contributed by atoms with E-state index in [-0.39, 0.29) is 18.2 Å². The lowest BCUT2D eigenvalue weighted by Gasteiger charge is -2.10. The van der Waals surface area contributed by atoms with Crippen LogP contribution < -0.4 is 14.8 Å². The minimum absolute atomic E-state index is 0.178. The lowest BCUT2D eigenvalue weighted by molar-refractivity contribution is 0.101. The summed E-state index contributed by atoms with van der Waals surface area (Å²) in [4.78, 5) is 12.7. The van der Waals surface area contributed by atoms with Gasteiger partial charge in [-0.3, -0.25) is 4.79 Å². The van der Waals surface area contributed by atoms with Gasteiger partial charge in [-0.15, -0.1) is 0 Å². The maximum absolute atomic E-state index is 12.7. The lowest BCUT2D eigenvalue weighted by Crippen LogP contribution is -2.16. The summed E-state index contributed by atoms with van der Waals surface area (Å²) in [5, 5.41) is 6.82. The van der Waals surface area contributed by atoms with Gasteiger partial charge in [0.15, 0.2) is 5.69 Å². The van der Waals surface area contributed by atoms with Crippen molar-refractivity contribution < 1.29 is 18.8 Å². The number of hydrogen-bond acceptors (Lipinski definition) is 5. The molecule has 0 fully saturated rings. The summed E-state index contributed by atoms with van der Waals surface area (Å²) >= 11 is 0. The fourth-order valence-corrected chi connectivity index (χ4v) is 2.64. The molecule has 1 amide bonds. The third kappa shape index (κ3) is 4.11. The molecule has 0 spiro atoms. The molecule has 1 heterocycles. The topological polar surface area (TPSA) is 73.6 Å². The molecule has 0 aliphatic carbocycles. The third-order valence-electron chi connectivity index (χ3n) is 4.50. The van der Waals surface area contributed by atoms with Crippen LogP contribution in [-0.4, -0.2) is 18.2 Å². The zero-order valence-electron chi connectivity index (χ0n) is 15.8. The van der Waals surface area contributed by atoms with E-state index in [1.165, 1.54) is 0 Å². The van der Waals surface area contributed by atoms with E-state index >= 15 is 0 Å². The number of aryl methyl sites for hydroxylation is 2. The number of benzene rings is 2. The van der Waals surface area contributed by atoms with Gasteiger partial charge in [0.1, 0.15) is 23.9 Å². The second-order valence-corrected chi connectivity index (χ2v) is 6.23. The van der Waals surface area contributed by atoms with E-state index in [1.54, 1.807) is 26.2 Å². The van der Waals surface area contributed by atoms with Crippen LogP contribution >= 0.6 is 0 Å². The zero-order valence-corrected chi connectivity index (χ0v) is 15.8. The van der Waals surface area contributed by atoms with E-state index in [4.69, 9.17) is 14.0 Å². The normalized spacial score (nSPS) is 10.5. The first-order valence-electron chi connectivity index (χ1n) is 8.59. The second kappa shape index (κ2) is 7.95. The Balaban J connectivity index is 1.75. The molecule has 6 heteroatoms. The molecule has 0 unspecified atom stereocenters. The van der Waals surface area contributed by atoms with Crippen molar-refractivity contribution in [3.63, 3.8) is 0 Å². The maximum atomic E-state index is 12.7. The van der Waals surface area contributed by atoms with Gasteiger partial charge in [0.2, 0.25) is 0 Å². The highest BCUT2D eigenvalue weighted by molar-refractivity contribution is 6.04. The Morgan fingerprint density at radius 3 is 2.48 bits per heavy atom. The molecule has 0 aliphatic heterocycles. The third-order valence-corrected chi connectivity index (χ3v) is 4.50. The summed E-state index contributed by atoms with van der Waals surface area (Å²) in [5.74, 6) is 1.64. The second-order valence-electron chi connectivity index (χ2n) is 6.23. The van der Waals surface area contributed by atoms with E-state index < -0.39 is 0 Å². The molecule has 27 heavy (non-hydrogen) atoms. The first-order chi connectivity index (χ1) is 13.0. The Morgan fingerprint density at radius 1 is 1.07 bits per heavy atom. The fraction of sp³-hybridized carbons (Fsp3) is 0.238. The maximum Gasteiger partial charge on any atom is 0.278 e. The zero-order chi connectivity index (χ0) is 19.4. The summed E-state index contributed by atoms with van der Waals surface area (Å²) in [6.45, 7) is 5.90. The molecule has 1 N–H and O–H groups in total. The van der Waals surface area contributed by atoms with Gasteiger partial charge >= 0.3 is 0 Å². The van der Waals surface area contributed by atoms with Crippen LogP contribution in [0.3, 0.4) is 0 Å². The van der Waals surface area contributed by atoms with E-state index in [9.17, 15) is 4.79 Å². The summed E-state index contributed by atoms with van der Waals surface area (Å²) < 4.78 is 16.1. The predicted molar refractivity (Wildman–Crippen MR) is 102 cm³/mol. The Morgan fingerprint density at radius 2 is 1.78 bits per heavy atom. The number of hydrogen-bond donors (Lipinski definition) is 1. The molecule has 0 atom stereocenters. The van der Waals surface area contributed by atoms with Crippen LogP contribution in [0.5, 0.6) is 11.5 Å². The molecule has 1 aromatic heterocycles. The largest absolute Gasteiger partial charge is 0.497 e. The van der Waals surface area contributed by atoms with Gasteiger partial charge in [-0.25, -0.2) is 0 Å². The van der Waals surface area contributed by atoms with Crippen molar-refractivity contribution in [3.8, 4) is 11.5 Å². The van der Waals surface area contributed by atoms with Gasteiger partial charge < -0.3 is 19.3 Å². The number of nitrogens with one attached hydrogen (secondary N) is 1. The van der Waals surface area contributed by atoms with Gasteiger partial charge in [0, 0.05) is 5.69 Å². The first kappa shape index (κ1) is 18.5. The number of amides is 1. The molecule has 0 bridgehead atoms. The summed E-state index contributed by atoms with van der Waals surface area (Å²) in [6, 6.07) is 13.0. The average molecular weight is 366 g/mol. The average Bonchev–Trinajstić information content (AvgIpc) is 3.05. The molecule has 0 aliphatic rings. The van der Waals surface area contributed by atoms with E-state index in [0.717, 1.165) is 22.6 Å². The Hall–Kier alpha value is -3.28. The minimum atomic E-state index is -0.325. The van der Waals surface area contributed by atoms with Crippen LogP contribution in [0.4, 0.5) is 5.69 Å². The van der Waals surface area contributed by atoms with E-state index in [0.29, 0.717) is 17.1 Å². The number of carbonyl (C=O) groups excluding carboxylic acids is 1. The van der Waals surface area contributed by atoms with Crippen LogP contribution in [0.25, 0.3) is 0 Å². The van der Waals surface area contributed by atoms with Crippen LogP contribution in [0, 0.1) is 20.8 Å². The quantitative estimate of drug-likeness (QED) is 0.698. The molecule has 0 saturated heterocycles. The van der Waals surface area contributed by atoms with E-state index in [1.807, 2.05) is 44.2 Å². The molecule has 3 rings (SSSR count). The van der Waals surface area contributed by atoms with Crippen LogP contribution in [0.2, 0.25) is 0 Å². The van der Waals surface area contributed by atoms with Crippen molar-refractivity contribution in [3.05, 3.63) is 70.6 Å². The van der Waals surface area contributed by atoms with Gasteiger partial charge in [-0.2, -0.15) is 0 Å². The molecule has 2 aromatic carbocycles. The lowest BCUT2D eigenvalue weighted by atomic mass is 10.1.